The molecule has 1 N–H and O–H groups in total. The number of carbonyl (C=O) groups excluding carboxylic acids is 1. The molecule has 25 heavy (non-hydrogen) atoms. The molecule has 1 aliphatic heterocycles. The summed E-state index contributed by atoms with van der Waals surface area (Å²) in [6.07, 6.45) is 3.89. The number of carbonyl (C=O) groups is 1. The van der Waals surface area contributed by atoms with Gasteiger partial charge in [0.2, 0.25) is 5.88 Å². The Labute approximate surface area is 147 Å². The number of anilines is 1. The van der Waals surface area contributed by atoms with E-state index in [9.17, 15) is 4.79 Å². The molecular formula is C18H22N4O3. The van der Waals surface area contributed by atoms with E-state index in [1.54, 1.807) is 0 Å². The Morgan fingerprint density at radius 2 is 1.92 bits per heavy atom. The van der Waals surface area contributed by atoms with Gasteiger partial charge in [-0.25, -0.2) is 9.97 Å². The monoisotopic (exact) mass is 342 g/mol. The van der Waals surface area contributed by atoms with Crippen LogP contribution in [0.5, 0.6) is 11.6 Å². The molecule has 1 aliphatic rings. The number of hydrogen-bond donors (Lipinski definition) is 1. The van der Waals surface area contributed by atoms with Crippen molar-refractivity contribution >= 4 is 11.7 Å². The minimum Gasteiger partial charge on any atom is -0.484 e. The highest BCUT2D eigenvalue weighted by Crippen LogP contribution is 2.20. The van der Waals surface area contributed by atoms with E-state index in [0.29, 0.717) is 24.8 Å². The molecule has 0 atom stereocenters. The Morgan fingerprint density at radius 1 is 1.12 bits per heavy atom. The second-order valence-corrected chi connectivity index (χ2v) is 5.71. The number of nitrogens with zero attached hydrogens (tertiary/aromatic N) is 3. The quantitative estimate of drug-likeness (QED) is 0.735. The van der Waals surface area contributed by atoms with Crippen molar-refractivity contribution in [1.29, 1.82) is 0 Å². The molecule has 1 amide bonds. The Kier molecular flexibility index (Phi) is 6.03. The van der Waals surface area contributed by atoms with Gasteiger partial charge in [0, 0.05) is 19.2 Å². The lowest BCUT2D eigenvalue weighted by Gasteiger charge is -2.16. The van der Waals surface area contributed by atoms with Crippen LogP contribution in [0.1, 0.15) is 12.8 Å². The van der Waals surface area contributed by atoms with Crippen molar-refractivity contribution in [3.63, 3.8) is 0 Å². The number of rotatable bonds is 8. The lowest BCUT2D eigenvalue weighted by Crippen LogP contribution is -2.32. The molecule has 132 valence electrons. The highest BCUT2D eigenvalue weighted by Gasteiger charge is 2.14. The largest absolute Gasteiger partial charge is 0.484 e. The molecule has 2 heterocycles. The lowest BCUT2D eigenvalue weighted by molar-refractivity contribution is -0.123. The third-order valence-corrected chi connectivity index (χ3v) is 3.84. The predicted octanol–water partition coefficient (Wildman–Crippen LogP) is 1.65. The molecule has 0 radical (unpaired) electrons. The van der Waals surface area contributed by atoms with Crippen LogP contribution in [0.25, 0.3) is 0 Å². The third kappa shape index (κ3) is 5.34. The summed E-state index contributed by atoms with van der Waals surface area (Å²) in [5.41, 5.74) is 0. The van der Waals surface area contributed by atoms with Gasteiger partial charge < -0.3 is 19.7 Å². The molecule has 3 rings (SSSR count). The van der Waals surface area contributed by atoms with Gasteiger partial charge in [-0.15, -0.1) is 0 Å². The minimum absolute atomic E-state index is 0.0172. The predicted molar refractivity (Wildman–Crippen MR) is 93.9 cm³/mol. The van der Waals surface area contributed by atoms with Crippen molar-refractivity contribution in [3.8, 4) is 11.6 Å². The second-order valence-electron chi connectivity index (χ2n) is 5.71. The summed E-state index contributed by atoms with van der Waals surface area (Å²) < 4.78 is 11.0. The summed E-state index contributed by atoms with van der Waals surface area (Å²) in [6.45, 7) is 2.76. The molecule has 7 heteroatoms. The first-order chi connectivity index (χ1) is 12.3. The molecule has 1 fully saturated rings. The van der Waals surface area contributed by atoms with E-state index >= 15 is 0 Å². The van der Waals surface area contributed by atoms with Crippen LogP contribution in [0.3, 0.4) is 0 Å². The van der Waals surface area contributed by atoms with Crippen LogP contribution in [-0.2, 0) is 4.79 Å². The van der Waals surface area contributed by atoms with Crippen LogP contribution in [0.4, 0.5) is 5.82 Å². The van der Waals surface area contributed by atoms with E-state index < -0.39 is 0 Å². The van der Waals surface area contributed by atoms with Crippen molar-refractivity contribution in [3.05, 3.63) is 42.7 Å². The van der Waals surface area contributed by atoms with Gasteiger partial charge in [0.25, 0.3) is 5.91 Å². The molecule has 0 aliphatic carbocycles. The van der Waals surface area contributed by atoms with Gasteiger partial charge in [-0.3, -0.25) is 4.79 Å². The number of aromatic nitrogens is 2. The molecule has 1 aromatic heterocycles. The van der Waals surface area contributed by atoms with Crippen LogP contribution >= 0.6 is 0 Å². The van der Waals surface area contributed by atoms with Gasteiger partial charge in [0.1, 0.15) is 24.5 Å². The number of benzene rings is 1. The van der Waals surface area contributed by atoms with Gasteiger partial charge in [-0.2, -0.15) is 0 Å². The molecule has 1 saturated heterocycles. The first-order valence-corrected chi connectivity index (χ1v) is 8.45. The van der Waals surface area contributed by atoms with Crippen molar-refractivity contribution in [2.24, 2.45) is 0 Å². The molecule has 0 unspecified atom stereocenters. The van der Waals surface area contributed by atoms with Crippen LogP contribution in [0, 0.1) is 0 Å². The van der Waals surface area contributed by atoms with Crippen molar-refractivity contribution in [2.75, 3.05) is 37.7 Å². The summed E-state index contributed by atoms with van der Waals surface area (Å²) in [7, 11) is 0. The smallest absolute Gasteiger partial charge is 0.258 e. The van der Waals surface area contributed by atoms with E-state index in [-0.39, 0.29) is 12.5 Å². The van der Waals surface area contributed by atoms with Gasteiger partial charge >= 0.3 is 0 Å². The summed E-state index contributed by atoms with van der Waals surface area (Å²) in [6, 6.07) is 11.1. The average Bonchev–Trinajstić information content (AvgIpc) is 3.19. The van der Waals surface area contributed by atoms with E-state index in [1.807, 2.05) is 36.4 Å². The molecule has 0 spiro atoms. The Morgan fingerprint density at radius 3 is 2.72 bits per heavy atom. The van der Waals surface area contributed by atoms with E-state index in [0.717, 1.165) is 18.9 Å². The fourth-order valence-electron chi connectivity index (χ4n) is 2.59. The molecule has 2 aromatic rings. The van der Waals surface area contributed by atoms with Crippen molar-refractivity contribution in [1.82, 2.24) is 15.3 Å². The SMILES string of the molecule is O=C(COc1ccccc1)NCCOc1cc(N2CCCC2)ncn1. The topological polar surface area (TPSA) is 76.6 Å². The van der Waals surface area contributed by atoms with Crippen LogP contribution in [-0.4, -0.2) is 48.7 Å². The maximum absolute atomic E-state index is 11.7. The third-order valence-electron chi connectivity index (χ3n) is 3.84. The minimum atomic E-state index is -0.187. The van der Waals surface area contributed by atoms with Crippen molar-refractivity contribution < 1.29 is 14.3 Å². The van der Waals surface area contributed by atoms with E-state index in [4.69, 9.17) is 9.47 Å². The Hall–Kier alpha value is -2.83. The highest BCUT2D eigenvalue weighted by atomic mass is 16.5. The number of nitrogens with one attached hydrogen (secondary N) is 1. The van der Waals surface area contributed by atoms with Crippen LogP contribution < -0.4 is 19.7 Å². The standard InChI is InChI=1S/C18H22N4O3/c23-17(13-25-15-6-2-1-3-7-15)19-8-11-24-18-12-16(20-14-21-18)22-9-4-5-10-22/h1-3,6-7,12,14H,4-5,8-11,13H2,(H,19,23). The zero-order valence-electron chi connectivity index (χ0n) is 14.1. The number of ether oxygens (including phenoxy) is 2. The maximum atomic E-state index is 11.7. The van der Waals surface area contributed by atoms with Gasteiger partial charge in [-0.05, 0) is 25.0 Å². The van der Waals surface area contributed by atoms with Gasteiger partial charge in [0.15, 0.2) is 6.61 Å². The molecule has 1 aromatic carbocycles. The summed E-state index contributed by atoms with van der Waals surface area (Å²) >= 11 is 0. The fraction of sp³-hybridized carbons (Fsp3) is 0.389. The Bertz CT molecular complexity index is 675. The number of amides is 1. The Balaban J connectivity index is 1.35. The lowest BCUT2D eigenvalue weighted by atomic mass is 10.3. The van der Waals surface area contributed by atoms with E-state index in [2.05, 4.69) is 20.2 Å². The molecule has 0 saturated carbocycles. The number of para-hydroxylation sites is 1. The van der Waals surface area contributed by atoms with Crippen LogP contribution in [0.15, 0.2) is 42.7 Å². The van der Waals surface area contributed by atoms with Crippen LogP contribution in [0.2, 0.25) is 0 Å². The molecular weight excluding hydrogens is 320 g/mol. The first-order valence-electron chi connectivity index (χ1n) is 8.45. The summed E-state index contributed by atoms with van der Waals surface area (Å²) in [5, 5.41) is 2.75. The van der Waals surface area contributed by atoms with Gasteiger partial charge in [0.05, 0.1) is 6.54 Å². The molecule has 0 bridgehead atoms. The van der Waals surface area contributed by atoms with Gasteiger partial charge in [-0.1, -0.05) is 18.2 Å². The fourth-order valence-corrected chi connectivity index (χ4v) is 2.59. The zero-order valence-corrected chi connectivity index (χ0v) is 14.1. The number of hydrogen-bond acceptors (Lipinski definition) is 6. The summed E-state index contributed by atoms with van der Waals surface area (Å²) in [4.78, 5) is 22.3. The normalized spacial score (nSPS) is 13.5. The average molecular weight is 342 g/mol. The second kappa shape index (κ2) is 8.86. The first kappa shape index (κ1) is 17.0. The molecule has 7 nitrogen and oxygen atoms in total. The maximum Gasteiger partial charge on any atom is 0.258 e. The van der Waals surface area contributed by atoms with E-state index in [1.165, 1.54) is 19.2 Å². The zero-order chi connectivity index (χ0) is 17.3. The highest BCUT2D eigenvalue weighted by molar-refractivity contribution is 5.77. The summed E-state index contributed by atoms with van der Waals surface area (Å²) in [5.74, 6) is 1.90. The van der Waals surface area contributed by atoms with Crippen molar-refractivity contribution in [2.45, 2.75) is 12.8 Å².